The van der Waals surface area contributed by atoms with Crippen LogP contribution in [-0.4, -0.2) is 40.3 Å². The number of rotatable bonds is 8. The number of ether oxygens (including phenoxy) is 2. The summed E-state index contributed by atoms with van der Waals surface area (Å²) in [4.78, 5) is 27.4. The molecule has 2 aromatic carbocycles. The molecule has 180 valence electrons. The fourth-order valence-corrected chi connectivity index (χ4v) is 5.72. The number of hydrogen-bond donors (Lipinski definition) is 1. The first kappa shape index (κ1) is 26.2. The predicted molar refractivity (Wildman–Crippen MR) is 145 cm³/mol. The van der Waals surface area contributed by atoms with E-state index in [1.807, 2.05) is 52.8 Å². The van der Waals surface area contributed by atoms with E-state index in [-0.39, 0.29) is 24.5 Å². The maximum atomic E-state index is 12.7. The second-order valence-electron chi connectivity index (χ2n) is 8.04. The van der Waals surface area contributed by atoms with Gasteiger partial charge in [0, 0.05) is 16.2 Å². The normalized spacial score (nSPS) is 14.8. The van der Waals surface area contributed by atoms with Crippen LogP contribution in [0.2, 0.25) is 0 Å². The zero-order valence-electron chi connectivity index (χ0n) is 19.7. The number of hydrogen-bond acceptors (Lipinski definition) is 6. The van der Waals surface area contributed by atoms with Gasteiger partial charge < -0.3 is 14.8 Å². The van der Waals surface area contributed by atoms with E-state index in [1.54, 1.807) is 23.1 Å². The Morgan fingerprint density at radius 3 is 2.44 bits per heavy atom. The number of anilines is 1. The Morgan fingerprint density at radius 1 is 1.18 bits per heavy atom. The van der Waals surface area contributed by atoms with Crippen molar-refractivity contribution in [1.29, 1.82) is 0 Å². The molecule has 1 saturated heterocycles. The van der Waals surface area contributed by atoms with Gasteiger partial charge in [-0.3, -0.25) is 14.5 Å². The molecule has 2 aromatic rings. The van der Waals surface area contributed by atoms with Crippen molar-refractivity contribution in [1.82, 2.24) is 4.90 Å². The Kier molecular flexibility index (Phi) is 8.78. The second kappa shape index (κ2) is 11.4. The fourth-order valence-electron chi connectivity index (χ4n) is 3.51. The Morgan fingerprint density at radius 2 is 1.85 bits per heavy atom. The predicted octanol–water partition coefficient (Wildman–Crippen LogP) is 6.09. The van der Waals surface area contributed by atoms with Crippen LogP contribution in [-0.2, 0) is 9.59 Å². The first-order chi connectivity index (χ1) is 16.1. The number of thioether (sulfide) groups is 1. The van der Waals surface area contributed by atoms with E-state index in [0.717, 1.165) is 26.9 Å². The molecule has 1 N–H and O–H groups in total. The quantitative estimate of drug-likeness (QED) is 0.310. The molecule has 3 rings (SSSR count). The molecule has 2 amide bonds. The minimum atomic E-state index is -0.266. The molecule has 0 atom stereocenters. The molecule has 6 nitrogen and oxygen atoms in total. The summed E-state index contributed by atoms with van der Waals surface area (Å²) in [5.41, 5.74) is 3.48. The van der Waals surface area contributed by atoms with Gasteiger partial charge in [0.15, 0.2) is 18.1 Å². The van der Waals surface area contributed by atoms with E-state index >= 15 is 0 Å². The number of nitrogens with one attached hydrogen (secondary N) is 1. The van der Waals surface area contributed by atoms with Crippen molar-refractivity contribution < 1.29 is 19.1 Å². The zero-order valence-corrected chi connectivity index (χ0v) is 22.9. The third kappa shape index (κ3) is 6.20. The van der Waals surface area contributed by atoms with Crippen molar-refractivity contribution in [3.8, 4) is 11.5 Å². The van der Waals surface area contributed by atoms with Crippen molar-refractivity contribution in [3.63, 3.8) is 0 Å². The van der Waals surface area contributed by atoms with Gasteiger partial charge in [0.1, 0.15) is 4.32 Å². The molecule has 34 heavy (non-hydrogen) atoms. The number of carbonyl (C=O) groups is 2. The third-order valence-corrected chi connectivity index (χ3v) is 6.81. The van der Waals surface area contributed by atoms with Crippen LogP contribution in [0.5, 0.6) is 11.5 Å². The van der Waals surface area contributed by atoms with E-state index in [9.17, 15) is 9.59 Å². The van der Waals surface area contributed by atoms with Crippen LogP contribution in [0.25, 0.3) is 6.08 Å². The fraction of sp³-hybridized carbons (Fsp3) is 0.320. The number of nitrogens with zero attached hydrogens (tertiary/aromatic N) is 1. The average Bonchev–Trinajstić information content (AvgIpc) is 3.03. The SMILES string of the molecule is CCOc1cc(/C=C2\SC(=S)N(C(C)C)C2=O)ccc1OCC(=O)Nc1c(C)cc(Br)cc1C. The highest BCUT2D eigenvalue weighted by atomic mass is 79.9. The topological polar surface area (TPSA) is 67.9 Å². The van der Waals surface area contributed by atoms with E-state index in [2.05, 4.69) is 21.2 Å². The smallest absolute Gasteiger partial charge is 0.266 e. The van der Waals surface area contributed by atoms with E-state index < -0.39 is 0 Å². The van der Waals surface area contributed by atoms with Gasteiger partial charge in [0.25, 0.3) is 11.8 Å². The van der Waals surface area contributed by atoms with Crippen LogP contribution in [0.4, 0.5) is 5.69 Å². The van der Waals surface area contributed by atoms with E-state index in [4.69, 9.17) is 21.7 Å². The van der Waals surface area contributed by atoms with E-state index in [0.29, 0.717) is 27.3 Å². The molecular formula is C25H27BrN2O4S2. The molecule has 0 aliphatic carbocycles. The number of carbonyl (C=O) groups excluding carboxylic acids is 2. The lowest BCUT2D eigenvalue weighted by molar-refractivity contribution is -0.123. The molecule has 0 saturated carbocycles. The maximum Gasteiger partial charge on any atom is 0.266 e. The highest BCUT2D eigenvalue weighted by Crippen LogP contribution is 2.36. The highest BCUT2D eigenvalue weighted by Gasteiger charge is 2.33. The van der Waals surface area contributed by atoms with Crippen molar-refractivity contribution in [3.05, 3.63) is 56.4 Å². The van der Waals surface area contributed by atoms with Crippen LogP contribution in [0, 0.1) is 13.8 Å². The summed E-state index contributed by atoms with van der Waals surface area (Å²) in [5.74, 6) is 0.586. The van der Waals surface area contributed by atoms with Gasteiger partial charge in [-0.15, -0.1) is 0 Å². The van der Waals surface area contributed by atoms with Crippen LogP contribution >= 0.6 is 39.9 Å². The second-order valence-corrected chi connectivity index (χ2v) is 10.6. The van der Waals surface area contributed by atoms with Gasteiger partial charge in [0.05, 0.1) is 11.5 Å². The van der Waals surface area contributed by atoms with Gasteiger partial charge in [-0.1, -0.05) is 46.0 Å². The van der Waals surface area contributed by atoms with Crippen molar-refractivity contribution >= 4 is 67.8 Å². The standard InChI is InChI=1S/C25H27BrN2O4S2/c1-6-31-20-11-17(12-21-24(30)28(14(2)3)25(33)34-21)7-8-19(20)32-13-22(29)27-23-15(4)9-18(26)10-16(23)5/h7-12,14H,6,13H2,1-5H3,(H,27,29)/b21-12-. The summed E-state index contributed by atoms with van der Waals surface area (Å²) in [6.45, 7) is 9.88. The van der Waals surface area contributed by atoms with Gasteiger partial charge in [-0.2, -0.15) is 0 Å². The van der Waals surface area contributed by atoms with Gasteiger partial charge >= 0.3 is 0 Å². The summed E-state index contributed by atoms with van der Waals surface area (Å²) in [6, 6.07) is 9.25. The number of benzene rings is 2. The van der Waals surface area contributed by atoms with E-state index in [1.165, 1.54) is 11.8 Å². The van der Waals surface area contributed by atoms with Crippen molar-refractivity contribution in [2.24, 2.45) is 0 Å². The molecule has 1 heterocycles. The summed E-state index contributed by atoms with van der Waals surface area (Å²) in [5, 5.41) is 2.92. The number of halogens is 1. The molecule has 0 unspecified atom stereocenters. The zero-order chi connectivity index (χ0) is 25.0. The van der Waals surface area contributed by atoms with Crippen LogP contribution < -0.4 is 14.8 Å². The number of amides is 2. The first-order valence-electron chi connectivity index (χ1n) is 10.8. The summed E-state index contributed by atoms with van der Waals surface area (Å²) in [7, 11) is 0. The van der Waals surface area contributed by atoms with Crippen molar-refractivity contribution in [2.75, 3.05) is 18.5 Å². The first-order valence-corrected chi connectivity index (χ1v) is 12.9. The van der Waals surface area contributed by atoms with Gasteiger partial charge in [-0.05, 0) is 81.7 Å². The summed E-state index contributed by atoms with van der Waals surface area (Å²) < 4.78 is 13.0. The molecule has 0 aromatic heterocycles. The Balaban J connectivity index is 1.73. The van der Waals surface area contributed by atoms with Gasteiger partial charge in [0.2, 0.25) is 0 Å². The molecular weight excluding hydrogens is 536 g/mol. The molecule has 0 spiro atoms. The molecule has 1 aliphatic rings. The van der Waals surface area contributed by atoms with Gasteiger partial charge in [-0.25, -0.2) is 0 Å². The van der Waals surface area contributed by atoms with Crippen molar-refractivity contribution in [2.45, 2.75) is 40.7 Å². The maximum absolute atomic E-state index is 12.7. The minimum Gasteiger partial charge on any atom is -0.490 e. The molecule has 9 heteroatoms. The Hall–Kier alpha value is -2.36. The van der Waals surface area contributed by atoms with Crippen LogP contribution in [0.1, 0.15) is 37.5 Å². The Bertz CT molecular complexity index is 1140. The Labute approximate surface area is 218 Å². The summed E-state index contributed by atoms with van der Waals surface area (Å²) in [6.07, 6.45) is 1.79. The lowest BCUT2D eigenvalue weighted by Gasteiger charge is -2.18. The number of thiocarbonyl (C=S) groups is 1. The highest BCUT2D eigenvalue weighted by molar-refractivity contribution is 9.10. The number of aryl methyl sites for hydroxylation is 2. The molecule has 0 bridgehead atoms. The largest absolute Gasteiger partial charge is 0.490 e. The molecule has 1 aliphatic heterocycles. The monoisotopic (exact) mass is 562 g/mol. The molecule has 1 fully saturated rings. The minimum absolute atomic E-state index is 0.00397. The lowest BCUT2D eigenvalue weighted by Crippen LogP contribution is -2.34. The van der Waals surface area contributed by atoms with Crippen LogP contribution in [0.3, 0.4) is 0 Å². The molecule has 0 radical (unpaired) electrons. The third-order valence-electron chi connectivity index (χ3n) is 5.03. The lowest BCUT2D eigenvalue weighted by atomic mass is 10.1. The average molecular weight is 564 g/mol. The summed E-state index contributed by atoms with van der Waals surface area (Å²) >= 11 is 10.1. The van der Waals surface area contributed by atoms with Crippen LogP contribution in [0.15, 0.2) is 39.7 Å².